The van der Waals surface area contributed by atoms with Crippen LogP contribution in [0.3, 0.4) is 0 Å². The molecule has 1 saturated heterocycles. The summed E-state index contributed by atoms with van der Waals surface area (Å²) < 4.78 is 0.611. The molecule has 0 atom stereocenters. The van der Waals surface area contributed by atoms with Crippen LogP contribution in [0.1, 0.15) is 31.2 Å². The van der Waals surface area contributed by atoms with Crippen LogP contribution in [0, 0.1) is 6.92 Å². The van der Waals surface area contributed by atoms with Crippen LogP contribution in [0.4, 0.5) is 5.95 Å². The maximum atomic E-state index is 4.44. The van der Waals surface area contributed by atoms with Gasteiger partial charge in [-0.25, -0.2) is 9.97 Å². The highest BCUT2D eigenvalue weighted by Crippen LogP contribution is 2.47. The zero-order valence-electron chi connectivity index (χ0n) is 10.4. The van der Waals surface area contributed by atoms with Crippen molar-refractivity contribution in [1.29, 1.82) is 0 Å². The Balaban J connectivity index is 1.70. The lowest BCUT2D eigenvalue weighted by molar-refractivity contribution is 0.346. The first-order valence-electron chi connectivity index (χ1n) is 6.45. The lowest BCUT2D eigenvalue weighted by Crippen LogP contribution is -2.35. The van der Waals surface area contributed by atoms with Crippen LogP contribution >= 0.6 is 11.8 Å². The Labute approximate surface area is 107 Å². The van der Waals surface area contributed by atoms with Gasteiger partial charge in [0.2, 0.25) is 5.95 Å². The van der Waals surface area contributed by atoms with E-state index in [1.165, 1.54) is 31.4 Å². The summed E-state index contributed by atoms with van der Waals surface area (Å²) >= 11 is 2.18. The first-order chi connectivity index (χ1) is 8.27. The van der Waals surface area contributed by atoms with Crippen LogP contribution in [0.15, 0.2) is 12.4 Å². The fourth-order valence-corrected chi connectivity index (χ4v) is 4.17. The smallest absolute Gasteiger partial charge is 0.225 e. The number of thioether (sulfide) groups is 1. The quantitative estimate of drug-likeness (QED) is 0.765. The van der Waals surface area contributed by atoms with Crippen molar-refractivity contribution in [3.8, 4) is 0 Å². The standard InChI is InChI=1S/C13H19N3S/c1-11-9-14-12(15-10-11)16-6-5-13(3-2-4-13)17-8-7-16/h9-10H,2-8H2,1H3. The molecule has 0 aromatic carbocycles. The van der Waals surface area contributed by atoms with E-state index in [0.717, 1.165) is 24.6 Å². The van der Waals surface area contributed by atoms with Gasteiger partial charge in [-0.15, -0.1) is 0 Å². The molecule has 2 aliphatic rings. The van der Waals surface area contributed by atoms with Gasteiger partial charge in [0.25, 0.3) is 0 Å². The summed E-state index contributed by atoms with van der Waals surface area (Å²) in [6.45, 7) is 4.25. The van der Waals surface area contributed by atoms with Crippen LogP contribution in [0.5, 0.6) is 0 Å². The number of aryl methyl sites for hydroxylation is 1. The average molecular weight is 249 g/mol. The molecule has 1 aliphatic heterocycles. The number of aromatic nitrogens is 2. The molecule has 3 rings (SSSR count). The molecule has 2 fully saturated rings. The molecule has 1 saturated carbocycles. The van der Waals surface area contributed by atoms with Crippen molar-refractivity contribution >= 4 is 17.7 Å². The van der Waals surface area contributed by atoms with Crippen molar-refractivity contribution in [1.82, 2.24) is 9.97 Å². The lowest BCUT2D eigenvalue weighted by atomic mass is 9.81. The van der Waals surface area contributed by atoms with Gasteiger partial charge >= 0.3 is 0 Å². The molecule has 1 spiro atoms. The third-order valence-corrected chi connectivity index (χ3v) is 5.53. The maximum Gasteiger partial charge on any atom is 0.225 e. The number of rotatable bonds is 1. The van der Waals surface area contributed by atoms with Crippen LogP contribution < -0.4 is 4.90 Å². The van der Waals surface area contributed by atoms with E-state index in [9.17, 15) is 0 Å². The number of nitrogens with zero attached hydrogens (tertiary/aromatic N) is 3. The van der Waals surface area contributed by atoms with E-state index in [0.29, 0.717) is 4.75 Å². The SMILES string of the molecule is Cc1cnc(N2CCSC3(CCC3)CC2)nc1. The first kappa shape index (κ1) is 11.3. The Morgan fingerprint density at radius 1 is 1.18 bits per heavy atom. The summed E-state index contributed by atoms with van der Waals surface area (Å²) in [5.74, 6) is 2.13. The number of anilines is 1. The second-order valence-corrected chi connectivity index (χ2v) is 6.75. The van der Waals surface area contributed by atoms with Crippen LogP contribution in [-0.4, -0.2) is 33.6 Å². The van der Waals surface area contributed by atoms with Crippen molar-refractivity contribution in [2.75, 3.05) is 23.7 Å². The summed E-state index contributed by atoms with van der Waals surface area (Å²) in [7, 11) is 0. The second-order valence-electron chi connectivity index (χ2n) is 5.18. The summed E-state index contributed by atoms with van der Waals surface area (Å²) in [6, 6.07) is 0. The third-order valence-electron chi connectivity index (χ3n) is 3.92. The molecular formula is C13H19N3S. The summed E-state index contributed by atoms with van der Waals surface area (Å²) in [5.41, 5.74) is 1.13. The Hall–Kier alpha value is -0.770. The van der Waals surface area contributed by atoms with Crippen molar-refractivity contribution in [3.63, 3.8) is 0 Å². The van der Waals surface area contributed by atoms with E-state index >= 15 is 0 Å². The monoisotopic (exact) mass is 249 g/mol. The average Bonchev–Trinajstić information content (AvgIpc) is 2.52. The second kappa shape index (κ2) is 4.48. The Kier molecular flexibility index (Phi) is 2.99. The van der Waals surface area contributed by atoms with Crippen molar-refractivity contribution in [2.45, 2.75) is 37.4 Å². The first-order valence-corrected chi connectivity index (χ1v) is 7.44. The molecule has 0 bridgehead atoms. The van der Waals surface area contributed by atoms with Crippen molar-refractivity contribution in [3.05, 3.63) is 18.0 Å². The molecule has 1 aromatic rings. The molecule has 92 valence electrons. The zero-order valence-corrected chi connectivity index (χ0v) is 11.2. The number of hydrogen-bond donors (Lipinski definition) is 0. The summed E-state index contributed by atoms with van der Waals surface area (Å²) in [5, 5.41) is 0. The molecule has 1 aromatic heterocycles. The molecule has 0 amide bonds. The predicted molar refractivity (Wildman–Crippen MR) is 72.6 cm³/mol. The molecule has 3 nitrogen and oxygen atoms in total. The fraction of sp³-hybridized carbons (Fsp3) is 0.692. The topological polar surface area (TPSA) is 29.0 Å². The Bertz CT molecular complexity index is 386. The van der Waals surface area contributed by atoms with E-state index in [4.69, 9.17) is 0 Å². The Morgan fingerprint density at radius 3 is 2.59 bits per heavy atom. The minimum absolute atomic E-state index is 0.611. The fourth-order valence-electron chi connectivity index (χ4n) is 2.61. The number of hydrogen-bond acceptors (Lipinski definition) is 4. The lowest BCUT2D eigenvalue weighted by Gasteiger charge is -2.40. The maximum absolute atomic E-state index is 4.44. The normalized spacial score (nSPS) is 23.2. The largest absolute Gasteiger partial charge is 0.340 e. The zero-order chi connectivity index (χ0) is 11.7. The minimum atomic E-state index is 0.611. The predicted octanol–water partition coefficient (Wildman–Crippen LogP) is 2.65. The van der Waals surface area contributed by atoms with Gasteiger partial charge in [0, 0.05) is 36.0 Å². The van der Waals surface area contributed by atoms with E-state index in [2.05, 4.69) is 26.6 Å². The van der Waals surface area contributed by atoms with Crippen molar-refractivity contribution in [2.24, 2.45) is 0 Å². The van der Waals surface area contributed by atoms with Gasteiger partial charge in [-0.2, -0.15) is 11.8 Å². The molecule has 2 heterocycles. The van der Waals surface area contributed by atoms with Crippen LogP contribution in [-0.2, 0) is 0 Å². The molecule has 1 aliphatic carbocycles. The van der Waals surface area contributed by atoms with E-state index in [1.807, 2.05) is 19.3 Å². The van der Waals surface area contributed by atoms with E-state index in [-0.39, 0.29) is 0 Å². The molecule has 4 heteroatoms. The van der Waals surface area contributed by atoms with Gasteiger partial charge in [0.1, 0.15) is 0 Å². The molecule has 0 N–H and O–H groups in total. The highest BCUT2D eigenvalue weighted by molar-refractivity contribution is 8.00. The van der Waals surface area contributed by atoms with Gasteiger partial charge in [0.05, 0.1) is 0 Å². The van der Waals surface area contributed by atoms with E-state index < -0.39 is 0 Å². The van der Waals surface area contributed by atoms with Crippen LogP contribution in [0.25, 0.3) is 0 Å². The Morgan fingerprint density at radius 2 is 1.94 bits per heavy atom. The third kappa shape index (κ3) is 2.28. The highest BCUT2D eigenvalue weighted by Gasteiger charge is 2.39. The summed E-state index contributed by atoms with van der Waals surface area (Å²) in [6.07, 6.45) is 9.39. The molecule has 0 radical (unpaired) electrons. The minimum Gasteiger partial charge on any atom is -0.340 e. The van der Waals surface area contributed by atoms with Gasteiger partial charge in [-0.1, -0.05) is 6.42 Å². The van der Waals surface area contributed by atoms with Gasteiger partial charge in [-0.05, 0) is 31.7 Å². The van der Waals surface area contributed by atoms with Gasteiger partial charge in [0.15, 0.2) is 0 Å². The van der Waals surface area contributed by atoms with E-state index in [1.54, 1.807) is 0 Å². The van der Waals surface area contributed by atoms with Gasteiger partial charge < -0.3 is 4.90 Å². The van der Waals surface area contributed by atoms with Gasteiger partial charge in [-0.3, -0.25) is 0 Å². The molecule has 17 heavy (non-hydrogen) atoms. The van der Waals surface area contributed by atoms with Crippen LogP contribution in [0.2, 0.25) is 0 Å². The molecular weight excluding hydrogens is 230 g/mol. The highest BCUT2D eigenvalue weighted by atomic mass is 32.2. The van der Waals surface area contributed by atoms with Crippen molar-refractivity contribution < 1.29 is 0 Å². The molecule has 0 unspecified atom stereocenters. The summed E-state index contributed by atoms with van der Waals surface area (Å²) in [4.78, 5) is 11.2.